The van der Waals surface area contributed by atoms with E-state index in [4.69, 9.17) is 0 Å². The first-order chi connectivity index (χ1) is 5.61. The maximum atomic E-state index is 10.5. The summed E-state index contributed by atoms with van der Waals surface area (Å²) >= 11 is 0. The monoisotopic (exact) mass is 167 g/mol. The van der Waals surface area contributed by atoms with Crippen LogP contribution in [0.15, 0.2) is 12.2 Å². The largest absolute Gasteiger partial charge is 0.545 e. The molecule has 2 heteroatoms. The van der Waals surface area contributed by atoms with Crippen LogP contribution in [0.3, 0.4) is 0 Å². The molecule has 0 aliphatic heterocycles. The molecule has 1 fully saturated rings. The molecule has 0 saturated heterocycles. The van der Waals surface area contributed by atoms with Crippen molar-refractivity contribution in [3.63, 3.8) is 0 Å². The van der Waals surface area contributed by atoms with Crippen LogP contribution in [-0.2, 0) is 4.79 Å². The summed E-state index contributed by atoms with van der Waals surface area (Å²) in [6.45, 7) is 5.75. The van der Waals surface area contributed by atoms with Crippen molar-refractivity contribution in [3.8, 4) is 0 Å². The fraction of sp³-hybridized carbons (Fsp3) is 0.700. The summed E-state index contributed by atoms with van der Waals surface area (Å²) < 4.78 is 0. The highest BCUT2D eigenvalue weighted by Crippen LogP contribution is 2.31. The molecule has 0 radical (unpaired) electrons. The molecule has 0 heterocycles. The lowest BCUT2D eigenvalue weighted by Crippen LogP contribution is -2.29. The van der Waals surface area contributed by atoms with Gasteiger partial charge in [0.25, 0.3) is 0 Å². The molecule has 0 aromatic rings. The second-order valence-corrected chi connectivity index (χ2v) is 3.77. The Balaban J connectivity index is 2.44. The fourth-order valence-electron chi connectivity index (χ4n) is 1.78. The minimum Gasteiger partial charge on any atom is -0.545 e. The van der Waals surface area contributed by atoms with Crippen molar-refractivity contribution >= 4 is 5.97 Å². The van der Waals surface area contributed by atoms with E-state index in [0.717, 1.165) is 31.6 Å². The van der Waals surface area contributed by atoms with Gasteiger partial charge in [0, 0.05) is 0 Å². The Hall–Kier alpha value is -0.790. The third kappa shape index (κ3) is 2.10. The van der Waals surface area contributed by atoms with Crippen LogP contribution in [0, 0.1) is 11.8 Å². The van der Waals surface area contributed by atoms with E-state index in [9.17, 15) is 9.90 Å². The molecule has 1 aliphatic rings. The summed E-state index contributed by atoms with van der Waals surface area (Å²) in [6, 6.07) is 0. The first-order valence-electron chi connectivity index (χ1n) is 4.51. The molecule has 12 heavy (non-hydrogen) atoms. The predicted molar refractivity (Wildman–Crippen MR) is 45.3 cm³/mol. The van der Waals surface area contributed by atoms with Crippen molar-refractivity contribution in [1.82, 2.24) is 0 Å². The average Bonchev–Trinajstić information content (AvgIpc) is 2.04. The first-order valence-corrected chi connectivity index (χ1v) is 4.51. The van der Waals surface area contributed by atoms with E-state index in [0.29, 0.717) is 5.57 Å². The second-order valence-electron chi connectivity index (χ2n) is 3.77. The van der Waals surface area contributed by atoms with Crippen LogP contribution in [0.4, 0.5) is 0 Å². The molecule has 0 unspecified atom stereocenters. The topological polar surface area (TPSA) is 40.1 Å². The zero-order chi connectivity index (χ0) is 9.14. The quantitative estimate of drug-likeness (QED) is 0.578. The summed E-state index contributed by atoms with van der Waals surface area (Å²) in [5, 5.41) is 10.5. The van der Waals surface area contributed by atoms with E-state index in [1.807, 2.05) is 0 Å². The van der Waals surface area contributed by atoms with Crippen LogP contribution in [0.2, 0.25) is 0 Å². The molecule has 68 valence electrons. The van der Waals surface area contributed by atoms with Crippen LogP contribution in [0.25, 0.3) is 0 Å². The zero-order valence-corrected chi connectivity index (χ0v) is 7.51. The van der Waals surface area contributed by atoms with Gasteiger partial charge in [0.2, 0.25) is 0 Å². The highest BCUT2D eigenvalue weighted by molar-refractivity contribution is 5.84. The average molecular weight is 167 g/mol. The minimum absolute atomic E-state index is 0.172. The van der Waals surface area contributed by atoms with Gasteiger partial charge in [-0.15, -0.1) is 0 Å². The van der Waals surface area contributed by atoms with E-state index in [-0.39, 0.29) is 5.92 Å². The third-order valence-electron chi connectivity index (χ3n) is 2.77. The number of carboxylic acids is 1. The van der Waals surface area contributed by atoms with Crippen molar-refractivity contribution < 1.29 is 9.90 Å². The van der Waals surface area contributed by atoms with Gasteiger partial charge in [-0.1, -0.05) is 26.3 Å². The Morgan fingerprint density at radius 1 is 1.33 bits per heavy atom. The molecular formula is C10H15O2-. The molecule has 2 nitrogen and oxygen atoms in total. The summed E-state index contributed by atoms with van der Waals surface area (Å²) in [7, 11) is 0. The molecule has 1 aliphatic carbocycles. The standard InChI is InChI=1S/C10H16O2/c1-7-3-5-9(6-4-7)8(2)10(11)12/h7,9H,2-6H2,1H3,(H,11,12)/p-1. The molecule has 0 amide bonds. The third-order valence-corrected chi connectivity index (χ3v) is 2.77. The second kappa shape index (κ2) is 3.74. The van der Waals surface area contributed by atoms with E-state index >= 15 is 0 Å². The summed E-state index contributed by atoms with van der Waals surface area (Å²) in [6.07, 6.45) is 4.18. The van der Waals surface area contributed by atoms with Crippen molar-refractivity contribution in [2.75, 3.05) is 0 Å². The number of aliphatic carboxylic acids is 1. The number of rotatable bonds is 2. The minimum atomic E-state index is -1.07. The number of hydrogen-bond acceptors (Lipinski definition) is 2. The zero-order valence-electron chi connectivity index (χ0n) is 7.51. The molecule has 0 spiro atoms. The molecule has 0 atom stereocenters. The normalized spacial score (nSPS) is 29.8. The van der Waals surface area contributed by atoms with Crippen molar-refractivity contribution in [2.24, 2.45) is 11.8 Å². The maximum Gasteiger partial charge on any atom is 0.0671 e. The molecule has 0 N–H and O–H groups in total. The van der Waals surface area contributed by atoms with Gasteiger partial charge in [0.1, 0.15) is 0 Å². The number of carbonyl (C=O) groups excluding carboxylic acids is 1. The Labute approximate surface area is 73.3 Å². The van der Waals surface area contributed by atoms with Gasteiger partial charge in [0.05, 0.1) is 5.97 Å². The van der Waals surface area contributed by atoms with Crippen LogP contribution in [0.1, 0.15) is 32.6 Å². The summed E-state index contributed by atoms with van der Waals surface area (Å²) in [5.41, 5.74) is 0.293. The van der Waals surface area contributed by atoms with Gasteiger partial charge in [-0.05, 0) is 30.3 Å². The highest BCUT2D eigenvalue weighted by atomic mass is 16.4. The van der Waals surface area contributed by atoms with Gasteiger partial charge in [-0.3, -0.25) is 0 Å². The van der Waals surface area contributed by atoms with Crippen LogP contribution in [-0.4, -0.2) is 5.97 Å². The van der Waals surface area contributed by atoms with Gasteiger partial charge in [-0.25, -0.2) is 0 Å². The number of carboxylic acid groups (broad SMARTS) is 1. The van der Waals surface area contributed by atoms with Crippen LogP contribution < -0.4 is 5.11 Å². The molecule has 0 aromatic heterocycles. The summed E-state index contributed by atoms with van der Waals surface area (Å²) in [4.78, 5) is 10.5. The SMILES string of the molecule is C=C(C(=O)[O-])C1CCC(C)CC1. The Morgan fingerprint density at radius 2 is 1.83 bits per heavy atom. The number of hydrogen-bond donors (Lipinski definition) is 0. The van der Waals surface area contributed by atoms with E-state index in [2.05, 4.69) is 13.5 Å². The predicted octanol–water partition coefficient (Wildman–Crippen LogP) is 1.12. The Morgan fingerprint density at radius 3 is 2.25 bits per heavy atom. The van der Waals surface area contributed by atoms with Crippen molar-refractivity contribution in [1.29, 1.82) is 0 Å². The van der Waals surface area contributed by atoms with E-state index in [1.165, 1.54) is 0 Å². The number of carbonyl (C=O) groups is 1. The molecule has 0 aromatic carbocycles. The maximum absolute atomic E-state index is 10.5. The van der Waals surface area contributed by atoms with Crippen LogP contribution in [0.5, 0.6) is 0 Å². The lowest BCUT2D eigenvalue weighted by atomic mass is 9.80. The van der Waals surface area contributed by atoms with Crippen molar-refractivity contribution in [2.45, 2.75) is 32.6 Å². The lowest BCUT2D eigenvalue weighted by molar-refractivity contribution is -0.300. The fourth-order valence-corrected chi connectivity index (χ4v) is 1.78. The Kier molecular flexibility index (Phi) is 2.90. The lowest BCUT2D eigenvalue weighted by Gasteiger charge is -2.27. The van der Waals surface area contributed by atoms with Crippen molar-refractivity contribution in [3.05, 3.63) is 12.2 Å². The molecule has 1 rings (SSSR count). The summed E-state index contributed by atoms with van der Waals surface area (Å²) in [5.74, 6) is -0.156. The Bertz CT molecular complexity index is 188. The van der Waals surface area contributed by atoms with Crippen LogP contribution >= 0.6 is 0 Å². The highest BCUT2D eigenvalue weighted by Gasteiger charge is 2.20. The molecular weight excluding hydrogens is 152 g/mol. The van der Waals surface area contributed by atoms with Gasteiger partial charge >= 0.3 is 0 Å². The smallest absolute Gasteiger partial charge is 0.0671 e. The molecule has 0 bridgehead atoms. The van der Waals surface area contributed by atoms with Gasteiger partial charge in [0.15, 0.2) is 0 Å². The first kappa shape index (κ1) is 9.30. The van der Waals surface area contributed by atoms with E-state index < -0.39 is 5.97 Å². The van der Waals surface area contributed by atoms with Gasteiger partial charge < -0.3 is 9.90 Å². The van der Waals surface area contributed by atoms with E-state index in [1.54, 1.807) is 0 Å². The van der Waals surface area contributed by atoms with Gasteiger partial charge in [-0.2, -0.15) is 0 Å². The molecule has 1 saturated carbocycles.